The van der Waals surface area contributed by atoms with Gasteiger partial charge in [-0.05, 0) is 31.5 Å². The van der Waals surface area contributed by atoms with E-state index < -0.39 is 0 Å². The smallest absolute Gasteiger partial charge is 0.0865 e. The monoisotopic (exact) mass is 280 g/mol. The molecule has 2 aromatic heterocycles. The Bertz CT molecular complexity index is 542. The van der Waals surface area contributed by atoms with Gasteiger partial charge in [0.25, 0.3) is 0 Å². The Balaban J connectivity index is 2.03. The number of aryl methyl sites for hydroxylation is 2. The second-order valence-electron chi connectivity index (χ2n) is 4.84. The average Bonchev–Trinajstić information content (AvgIpc) is 2.91. The molecule has 0 atom stereocenters. The van der Waals surface area contributed by atoms with Crippen LogP contribution in [0.2, 0.25) is 5.02 Å². The van der Waals surface area contributed by atoms with Crippen LogP contribution in [0.25, 0.3) is 0 Å². The van der Waals surface area contributed by atoms with Crippen molar-refractivity contribution in [1.29, 1.82) is 0 Å². The second kappa shape index (κ2) is 6.26. The van der Waals surface area contributed by atoms with Gasteiger partial charge in [-0.25, -0.2) is 0 Å². The van der Waals surface area contributed by atoms with Crippen molar-refractivity contribution in [3.8, 4) is 0 Å². The van der Waals surface area contributed by atoms with E-state index in [0.717, 1.165) is 42.5 Å². The number of aromatic nitrogens is 3. The fourth-order valence-electron chi connectivity index (χ4n) is 2.13. The fraction of sp³-hybridized carbons (Fsp3) is 0.500. The third kappa shape index (κ3) is 3.39. The molecule has 2 heterocycles. The van der Waals surface area contributed by atoms with Crippen molar-refractivity contribution in [1.82, 2.24) is 19.7 Å². The maximum atomic E-state index is 6.26. The Morgan fingerprint density at radius 3 is 2.84 bits per heavy atom. The number of halogens is 1. The zero-order chi connectivity index (χ0) is 13.8. The first kappa shape index (κ1) is 14.2. The van der Waals surface area contributed by atoms with Crippen LogP contribution in [0.3, 0.4) is 0 Å². The van der Waals surface area contributed by atoms with Gasteiger partial charge in [0.2, 0.25) is 0 Å². The van der Waals surface area contributed by atoms with Crippen LogP contribution in [0.1, 0.15) is 30.3 Å². The lowest BCUT2D eigenvalue weighted by Crippen LogP contribution is -2.13. The molecule has 104 valence electrons. The number of hydrogen-bond acceptors (Lipinski definition) is 2. The van der Waals surface area contributed by atoms with E-state index in [0.29, 0.717) is 0 Å². The summed E-state index contributed by atoms with van der Waals surface area (Å²) in [5.41, 5.74) is 3.22. The molecule has 0 radical (unpaired) electrons. The van der Waals surface area contributed by atoms with E-state index in [4.69, 9.17) is 11.6 Å². The van der Waals surface area contributed by atoms with E-state index in [9.17, 15) is 0 Å². The van der Waals surface area contributed by atoms with Gasteiger partial charge in [0.15, 0.2) is 0 Å². The summed E-state index contributed by atoms with van der Waals surface area (Å²) >= 11 is 6.26. The quantitative estimate of drug-likeness (QED) is 0.826. The minimum atomic E-state index is 0.754. The van der Waals surface area contributed by atoms with Gasteiger partial charge < -0.3 is 9.88 Å². The van der Waals surface area contributed by atoms with Crippen molar-refractivity contribution in [2.45, 2.75) is 33.4 Å². The van der Waals surface area contributed by atoms with Crippen molar-refractivity contribution in [2.75, 3.05) is 6.54 Å². The standard InChI is InChI=1S/C14H21ClN4/c1-4-6-16-8-12-5-7-19(9-12)10-13-14(15)11(2)17-18(13)3/h5,7,9,16H,4,6,8,10H2,1-3H3. The van der Waals surface area contributed by atoms with E-state index in [1.165, 1.54) is 5.56 Å². The van der Waals surface area contributed by atoms with E-state index in [1.807, 2.05) is 18.7 Å². The van der Waals surface area contributed by atoms with Crippen LogP contribution in [0, 0.1) is 6.92 Å². The largest absolute Gasteiger partial charge is 0.348 e. The molecule has 0 bridgehead atoms. The van der Waals surface area contributed by atoms with Crippen LogP contribution in [0.15, 0.2) is 18.5 Å². The van der Waals surface area contributed by atoms with Crippen LogP contribution < -0.4 is 5.32 Å². The Morgan fingerprint density at radius 2 is 2.21 bits per heavy atom. The maximum absolute atomic E-state index is 6.26. The molecule has 2 rings (SSSR count). The van der Waals surface area contributed by atoms with Crippen molar-refractivity contribution in [3.63, 3.8) is 0 Å². The number of hydrogen-bond donors (Lipinski definition) is 1. The highest BCUT2D eigenvalue weighted by Gasteiger charge is 2.11. The average molecular weight is 281 g/mol. The summed E-state index contributed by atoms with van der Waals surface area (Å²) in [6, 6.07) is 2.14. The van der Waals surface area contributed by atoms with Gasteiger partial charge in [0.1, 0.15) is 0 Å². The third-order valence-corrected chi connectivity index (χ3v) is 3.65. The second-order valence-corrected chi connectivity index (χ2v) is 5.22. The molecular weight excluding hydrogens is 260 g/mol. The SMILES string of the molecule is CCCNCc1ccn(Cc2c(Cl)c(C)nn2C)c1. The van der Waals surface area contributed by atoms with Crippen molar-refractivity contribution < 1.29 is 0 Å². The van der Waals surface area contributed by atoms with Gasteiger partial charge in [-0.3, -0.25) is 4.68 Å². The number of rotatable bonds is 6. The molecule has 4 nitrogen and oxygen atoms in total. The zero-order valence-electron chi connectivity index (χ0n) is 11.8. The molecule has 2 aromatic rings. The summed E-state index contributed by atoms with van der Waals surface area (Å²) < 4.78 is 4.00. The Hall–Kier alpha value is -1.26. The first-order valence-corrected chi connectivity index (χ1v) is 7.03. The number of nitrogens with zero attached hydrogens (tertiary/aromatic N) is 3. The van der Waals surface area contributed by atoms with Crippen LogP contribution >= 0.6 is 11.6 Å². The highest BCUT2D eigenvalue weighted by molar-refractivity contribution is 6.31. The Morgan fingerprint density at radius 1 is 1.42 bits per heavy atom. The van der Waals surface area contributed by atoms with E-state index in [2.05, 4.69) is 40.4 Å². The molecular formula is C14H21ClN4. The Labute approximate surface area is 119 Å². The van der Waals surface area contributed by atoms with E-state index in [-0.39, 0.29) is 0 Å². The first-order valence-electron chi connectivity index (χ1n) is 6.65. The van der Waals surface area contributed by atoms with Gasteiger partial charge >= 0.3 is 0 Å². The van der Waals surface area contributed by atoms with E-state index >= 15 is 0 Å². The summed E-state index contributed by atoms with van der Waals surface area (Å²) in [6.07, 6.45) is 5.40. The van der Waals surface area contributed by atoms with Gasteiger partial charge in [-0.15, -0.1) is 0 Å². The predicted molar refractivity (Wildman–Crippen MR) is 78.5 cm³/mol. The van der Waals surface area contributed by atoms with Crippen LogP contribution in [0.5, 0.6) is 0 Å². The van der Waals surface area contributed by atoms with Gasteiger partial charge in [-0.1, -0.05) is 18.5 Å². The molecule has 0 amide bonds. The molecule has 5 heteroatoms. The highest BCUT2D eigenvalue weighted by Crippen LogP contribution is 2.20. The lowest BCUT2D eigenvalue weighted by atomic mass is 10.3. The lowest BCUT2D eigenvalue weighted by Gasteiger charge is -2.04. The topological polar surface area (TPSA) is 34.8 Å². The molecule has 0 saturated carbocycles. The molecule has 1 N–H and O–H groups in total. The molecule has 0 aliphatic heterocycles. The van der Waals surface area contributed by atoms with Crippen LogP contribution in [-0.2, 0) is 20.1 Å². The third-order valence-electron chi connectivity index (χ3n) is 3.16. The molecule has 0 saturated heterocycles. The summed E-state index contributed by atoms with van der Waals surface area (Å²) in [6.45, 7) is 6.83. The highest BCUT2D eigenvalue weighted by atomic mass is 35.5. The summed E-state index contributed by atoms with van der Waals surface area (Å²) in [5.74, 6) is 0. The molecule has 0 aromatic carbocycles. The predicted octanol–water partition coefficient (Wildman–Crippen LogP) is 2.73. The maximum Gasteiger partial charge on any atom is 0.0865 e. The normalized spacial score (nSPS) is 11.2. The minimum absolute atomic E-state index is 0.754. The molecule has 0 unspecified atom stereocenters. The molecule has 0 aliphatic rings. The first-order chi connectivity index (χ1) is 9.11. The van der Waals surface area contributed by atoms with Crippen molar-refractivity contribution in [2.24, 2.45) is 7.05 Å². The van der Waals surface area contributed by atoms with Crippen LogP contribution in [0.4, 0.5) is 0 Å². The molecule has 19 heavy (non-hydrogen) atoms. The summed E-state index contributed by atoms with van der Waals surface area (Å²) in [4.78, 5) is 0. The van der Waals surface area contributed by atoms with Gasteiger partial charge in [0.05, 0.1) is 23.0 Å². The molecule has 0 spiro atoms. The lowest BCUT2D eigenvalue weighted by molar-refractivity contribution is 0.657. The van der Waals surface area contributed by atoms with Gasteiger partial charge in [0, 0.05) is 26.0 Å². The van der Waals surface area contributed by atoms with Gasteiger partial charge in [-0.2, -0.15) is 5.10 Å². The van der Waals surface area contributed by atoms with E-state index in [1.54, 1.807) is 0 Å². The molecule has 0 fully saturated rings. The summed E-state index contributed by atoms with van der Waals surface area (Å²) in [5, 5.41) is 8.50. The minimum Gasteiger partial charge on any atom is -0.348 e. The van der Waals surface area contributed by atoms with Crippen molar-refractivity contribution in [3.05, 3.63) is 40.4 Å². The fourth-order valence-corrected chi connectivity index (χ4v) is 2.35. The Kier molecular flexibility index (Phi) is 4.66. The zero-order valence-corrected chi connectivity index (χ0v) is 12.5. The van der Waals surface area contributed by atoms with Crippen molar-refractivity contribution >= 4 is 11.6 Å². The van der Waals surface area contributed by atoms with Crippen LogP contribution in [-0.4, -0.2) is 20.9 Å². The molecule has 0 aliphatic carbocycles. The number of nitrogens with one attached hydrogen (secondary N) is 1. The summed E-state index contributed by atoms with van der Waals surface area (Å²) in [7, 11) is 1.93.